The maximum atomic E-state index is 9.21. The van der Waals surface area contributed by atoms with Gasteiger partial charge in [0.25, 0.3) is 0 Å². The van der Waals surface area contributed by atoms with Crippen molar-refractivity contribution in [1.82, 2.24) is 0 Å². The number of nitrogens with zero attached hydrogens (tertiary/aromatic N) is 2. The third-order valence-corrected chi connectivity index (χ3v) is 0.990. The molecule has 6 heteroatoms. The minimum atomic E-state index is 0.434. The molecule has 0 spiro atoms. The Morgan fingerprint density at radius 2 is 1.46 bits per heavy atom. The van der Waals surface area contributed by atoms with E-state index in [4.69, 9.17) is 4.91 Å². The summed E-state index contributed by atoms with van der Waals surface area (Å²) in [6.45, 7) is 4.82. The molecule has 0 aromatic rings. The molecular weight excluding hydrogens is 176 g/mol. The summed E-state index contributed by atoms with van der Waals surface area (Å²) in [4.78, 5) is 26.5. The third kappa shape index (κ3) is 24.9. The second-order valence-electron chi connectivity index (χ2n) is 2.17. The highest BCUT2D eigenvalue weighted by molar-refractivity contribution is 4.26. The first-order valence-electron chi connectivity index (χ1n) is 4.22. The molecule has 0 aliphatic heterocycles. The molecule has 0 rings (SSSR count). The number of hydrogen-bond acceptors (Lipinski definition) is 6. The van der Waals surface area contributed by atoms with Gasteiger partial charge in [-0.05, 0) is 12.8 Å². The van der Waals surface area contributed by atoms with Crippen molar-refractivity contribution >= 4 is 0 Å². The second-order valence-corrected chi connectivity index (χ2v) is 2.17. The molecule has 78 valence electrons. The molecule has 0 unspecified atom stereocenters. The van der Waals surface area contributed by atoms with E-state index >= 15 is 0 Å². The Morgan fingerprint density at radius 1 is 0.923 bits per heavy atom. The van der Waals surface area contributed by atoms with Crippen LogP contribution in [-0.4, -0.2) is 13.2 Å². The van der Waals surface area contributed by atoms with Gasteiger partial charge in [-0.2, -0.15) is 0 Å². The lowest BCUT2D eigenvalue weighted by molar-refractivity contribution is 0.136. The van der Waals surface area contributed by atoms with Crippen molar-refractivity contribution in [2.45, 2.75) is 33.1 Å². The van der Waals surface area contributed by atoms with Crippen molar-refractivity contribution in [3.8, 4) is 0 Å². The van der Waals surface area contributed by atoms with Crippen LogP contribution in [0.15, 0.2) is 10.7 Å². The molecule has 0 N–H and O–H groups in total. The van der Waals surface area contributed by atoms with E-state index in [0.717, 1.165) is 19.3 Å². The summed E-state index contributed by atoms with van der Waals surface area (Å²) < 4.78 is 0. The molecule has 0 aliphatic carbocycles. The van der Waals surface area contributed by atoms with E-state index in [9.17, 15) is 4.91 Å². The largest absolute Gasteiger partial charge is 0.364 e. The molecule has 0 amide bonds. The van der Waals surface area contributed by atoms with Crippen molar-refractivity contribution in [2.24, 2.45) is 10.7 Å². The van der Waals surface area contributed by atoms with E-state index in [-0.39, 0.29) is 0 Å². The molecule has 0 aliphatic rings. The molecule has 6 nitrogen and oxygen atoms in total. The van der Waals surface area contributed by atoms with Crippen LogP contribution in [0.4, 0.5) is 0 Å². The fourth-order valence-corrected chi connectivity index (χ4v) is 0.375. The normalized spacial score (nSPS) is 7.85. The molecule has 0 saturated carbocycles. The molecule has 0 bridgehead atoms. The highest BCUT2D eigenvalue weighted by Crippen LogP contribution is 1.86. The molecule has 0 saturated heterocycles. The van der Waals surface area contributed by atoms with E-state index in [0.29, 0.717) is 13.2 Å². The lowest BCUT2D eigenvalue weighted by Crippen LogP contribution is -1.83. The quantitative estimate of drug-likeness (QED) is 0.353. The van der Waals surface area contributed by atoms with E-state index in [1.807, 2.05) is 13.8 Å². The van der Waals surface area contributed by atoms with Crippen LogP contribution in [0.1, 0.15) is 33.1 Å². The predicted molar refractivity (Wildman–Crippen MR) is 48.7 cm³/mol. The monoisotopic (exact) mass is 192 g/mol. The number of rotatable bonds is 7. The summed E-state index contributed by atoms with van der Waals surface area (Å²) >= 11 is 0. The highest BCUT2D eigenvalue weighted by Gasteiger charge is 1.79. The van der Waals surface area contributed by atoms with Gasteiger partial charge in [0.1, 0.15) is 13.2 Å². The Bertz CT molecular complexity index is 111. The van der Waals surface area contributed by atoms with Gasteiger partial charge in [0.15, 0.2) is 10.7 Å². The van der Waals surface area contributed by atoms with E-state index in [1.165, 1.54) is 0 Å². The maximum absolute atomic E-state index is 9.21. The van der Waals surface area contributed by atoms with Crippen molar-refractivity contribution < 1.29 is 9.68 Å². The molecule has 0 radical (unpaired) electrons. The fraction of sp³-hybridized carbons (Fsp3) is 1.00. The maximum Gasteiger partial charge on any atom is 0.155 e. The Hall–Kier alpha value is -1.20. The molecular formula is C7H16N2O4. The van der Waals surface area contributed by atoms with Gasteiger partial charge in [0.2, 0.25) is 0 Å². The van der Waals surface area contributed by atoms with Crippen LogP contribution in [0, 0.1) is 9.81 Å². The number of unbranched alkanes of at least 4 members (excludes halogenated alkanes) is 1. The molecule has 0 heterocycles. The Morgan fingerprint density at radius 3 is 1.77 bits per heavy atom. The summed E-state index contributed by atoms with van der Waals surface area (Å²) in [6.07, 6.45) is 2.78. The Kier molecular flexibility index (Phi) is 18.8. The lowest BCUT2D eigenvalue weighted by Gasteiger charge is -1.88. The van der Waals surface area contributed by atoms with Crippen LogP contribution in [0.25, 0.3) is 0 Å². The van der Waals surface area contributed by atoms with Crippen molar-refractivity contribution in [2.75, 3.05) is 13.2 Å². The molecule has 0 aromatic carbocycles. The minimum Gasteiger partial charge on any atom is -0.364 e. The standard InChI is InChI=1S/C4H9NO2.C3H7NO2/c1-2-3-4-7-5-6;1-2-3-6-4-5/h2-4H2,1H3;2-3H2,1H3. The average molecular weight is 192 g/mol. The van der Waals surface area contributed by atoms with Crippen molar-refractivity contribution in [1.29, 1.82) is 0 Å². The van der Waals surface area contributed by atoms with E-state index in [2.05, 4.69) is 20.4 Å². The van der Waals surface area contributed by atoms with E-state index in [1.54, 1.807) is 0 Å². The van der Waals surface area contributed by atoms with Gasteiger partial charge in [0.05, 0.1) is 0 Å². The zero-order valence-corrected chi connectivity index (χ0v) is 8.06. The van der Waals surface area contributed by atoms with Gasteiger partial charge >= 0.3 is 0 Å². The summed E-state index contributed by atoms with van der Waals surface area (Å²) in [5, 5.41) is 4.40. The highest BCUT2D eigenvalue weighted by atomic mass is 16.7. The van der Waals surface area contributed by atoms with Crippen molar-refractivity contribution in [3.05, 3.63) is 9.81 Å². The first kappa shape index (κ1) is 14.3. The Balaban J connectivity index is 0. The predicted octanol–water partition coefficient (Wildman–Crippen LogP) is 2.58. The van der Waals surface area contributed by atoms with Gasteiger partial charge in [-0.15, -0.1) is 9.81 Å². The lowest BCUT2D eigenvalue weighted by atomic mass is 10.4. The molecule has 0 aromatic heterocycles. The SMILES string of the molecule is CCCCON=O.CCCON=O. The molecule has 13 heavy (non-hydrogen) atoms. The van der Waals surface area contributed by atoms with Crippen LogP contribution in [0.5, 0.6) is 0 Å². The summed E-state index contributed by atoms with van der Waals surface area (Å²) in [5.74, 6) is 0. The third-order valence-electron chi connectivity index (χ3n) is 0.990. The first-order chi connectivity index (χ1) is 6.33. The smallest absolute Gasteiger partial charge is 0.155 e. The van der Waals surface area contributed by atoms with Gasteiger partial charge in [-0.1, -0.05) is 20.3 Å². The topological polar surface area (TPSA) is 77.3 Å². The van der Waals surface area contributed by atoms with Gasteiger partial charge < -0.3 is 9.68 Å². The van der Waals surface area contributed by atoms with Gasteiger partial charge in [0, 0.05) is 0 Å². The summed E-state index contributed by atoms with van der Waals surface area (Å²) in [7, 11) is 0. The zero-order valence-electron chi connectivity index (χ0n) is 8.06. The molecule has 0 atom stereocenters. The van der Waals surface area contributed by atoms with Crippen LogP contribution in [0.2, 0.25) is 0 Å². The molecule has 0 fully saturated rings. The zero-order chi connectivity index (χ0) is 10.4. The van der Waals surface area contributed by atoms with Gasteiger partial charge in [-0.3, -0.25) is 0 Å². The van der Waals surface area contributed by atoms with Crippen LogP contribution in [-0.2, 0) is 9.68 Å². The van der Waals surface area contributed by atoms with Crippen molar-refractivity contribution in [3.63, 3.8) is 0 Å². The van der Waals surface area contributed by atoms with Crippen LogP contribution in [0.3, 0.4) is 0 Å². The van der Waals surface area contributed by atoms with Crippen LogP contribution < -0.4 is 0 Å². The summed E-state index contributed by atoms with van der Waals surface area (Å²) in [5.41, 5.74) is 0. The fourth-order valence-electron chi connectivity index (χ4n) is 0.375. The van der Waals surface area contributed by atoms with Gasteiger partial charge in [-0.25, -0.2) is 0 Å². The second kappa shape index (κ2) is 17.0. The average Bonchev–Trinajstić information content (AvgIpc) is 2.17. The summed E-state index contributed by atoms with van der Waals surface area (Å²) in [6, 6.07) is 0. The Labute approximate surface area is 77.5 Å². The van der Waals surface area contributed by atoms with Crippen LogP contribution >= 0.6 is 0 Å². The number of hydrogen-bond donors (Lipinski definition) is 0. The minimum absolute atomic E-state index is 0.434. The van der Waals surface area contributed by atoms with E-state index < -0.39 is 0 Å². The first-order valence-corrected chi connectivity index (χ1v) is 4.22.